The molecule has 14 heavy (non-hydrogen) atoms. The number of hydrogen-bond acceptors (Lipinski definition) is 0. The fraction of sp³-hybridized carbons (Fsp3) is 0.786. The zero-order valence-corrected chi connectivity index (χ0v) is 10.9. The molecular formula is C14H26. The molecule has 0 radical (unpaired) electrons. The van der Waals surface area contributed by atoms with E-state index >= 15 is 0 Å². The SMILES string of the molecule is CC=C=C(C)CC(C)(C(C)C)C(C)C. The lowest BCUT2D eigenvalue weighted by molar-refractivity contribution is 0.137. The third kappa shape index (κ3) is 3.35. The zero-order valence-electron chi connectivity index (χ0n) is 10.9. The van der Waals surface area contributed by atoms with Gasteiger partial charge in [0.15, 0.2) is 0 Å². The lowest BCUT2D eigenvalue weighted by Gasteiger charge is -2.38. The lowest BCUT2D eigenvalue weighted by atomic mass is 9.67. The van der Waals surface area contributed by atoms with E-state index in [1.54, 1.807) is 0 Å². The van der Waals surface area contributed by atoms with Gasteiger partial charge < -0.3 is 0 Å². The van der Waals surface area contributed by atoms with Crippen molar-refractivity contribution in [3.63, 3.8) is 0 Å². The van der Waals surface area contributed by atoms with Crippen LogP contribution in [-0.2, 0) is 0 Å². The summed E-state index contributed by atoms with van der Waals surface area (Å²) in [6.45, 7) is 15.9. The third-order valence-electron chi connectivity index (χ3n) is 3.67. The Morgan fingerprint density at radius 2 is 1.64 bits per heavy atom. The highest BCUT2D eigenvalue weighted by Gasteiger charge is 2.31. The highest BCUT2D eigenvalue weighted by atomic mass is 14.4. The Morgan fingerprint density at radius 1 is 1.21 bits per heavy atom. The van der Waals surface area contributed by atoms with Gasteiger partial charge in [-0.1, -0.05) is 34.6 Å². The minimum absolute atomic E-state index is 0.403. The van der Waals surface area contributed by atoms with Crippen LogP contribution in [0.25, 0.3) is 0 Å². The minimum atomic E-state index is 0.403. The maximum absolute atomic E-state index is 3.30. The van der Waals surface area contributed by atoms with Crippen molar-refractivity contribution in [3.05, 3.63) is 17.4 Å². The molecule has 0 aromatic rings. The first-order chi connectivity index (χ1) is 6.34. The van der Waals surface area contributed by atoms with Crippen LogP contribution in [0, 0.1) is 17.3 Å². The molecule has 0 aromatic heterocycles. The fourth-order valence-electron chi connectivity index (χ4n) is 1.94. The second kappa shape index (κ2) is 5.41. The first kappa shape index (κ1) is 13.5. The largest absolute Gasteiger partial charge is 0.127 e. The van der Waals surface area contributed by atoms with Gasteiger partial charge in [-0.05, 0) is 49.2 Å². The van der Waals surface area contributed by atoms with E-state index in [9.17, 15) is 0 Å². The van der Waals surface area contributed by atoms with Crippen LogP contribution in [0.15, 0.2) is 17.4 Å². The van der Waals surface area contributed by atoms with Crippen molar-refractivity contribution in [3.8, 4) is 0 Å². The van der Waals surface area contributed by atoms with E-state index in [0.717, 1.165) is 18.3 Å². The Morgan fingerprint density at radius 3 is 1.93 bits per heavy atom. The summed E-state index contributed by atoms with van der Waals surface area (Å²) in [6.07, 6.45) is 3.17. The average Bonchev–Trinajstić information content (AvgIpc) is 2.03. The second-order valence-corrected chi connectivity index (χ2v) is 5.21. The monoisotopic (exact) mass is 194 g/mol. The second-order valence-electron chi connectivity index (χ2n) is 5.21. The maximum Gasteiger partial charge on any atom is -0.0188 e. The van der Waals surface area contributed by atoms with Gasteiger partial charge in [0.25, 0.3) is 0 Å². The Kier molecular flexibility index (Phi) is 5.23. The molecule has 0 fully saturated rings. The number of rotatable bonds is 4. The van der Waals surface area contributed by atoms with Gasteiger partial charge in [-0.25, -0.2) is 0 Å². The van der Waals surface area contributed by atoms with E-state index in [1.807, 2.05) is 13.0 Å². The molecular weight excluding hydrogens is 168 g/mol. The van der Waals surface area contributed by atoms with Crippen LogP contribution in [-0.4, -0.2) is 0 Å². The van der Waals surface area contributed by atoms with Gasteiger partial charge >= 0.3 is 0 Å². The Labute approximate surface area is 90.1 Å². The normalized spacial score (nSPS) is 11.8. The Balaban J connectivity index is 4.79. The van der Waals surface area contributed by atoms with Gasteiger partial charge in [0.1, 0.15) is 0 Å². The first-order valence-electron chi connectivity index (χ1n) is 5.71. The summed E-state index contributed by atoms with van der Waals surface area (Å²) in [7, 11) is 0. The summed E-state index contributed by atoms with van der Waals surface area (Å²) in [4.78, 5) is 0. The topological polar surface area (TPSA) is 0 Å². The van der Waals surface area contributed by atoms with Gasteiger partial charge in [-0.3, -0.25) is 0 Å². The molecule has 0 heterocycles. The van der Waals surface area contributed by atoms with Gasteiger partial charge in [-0.2, -0.15) is 0 Å². The quantitative estimate of drug-likeness (QED) is 0.563. The van der Waals surface area contributed by atoms with Crippen molar-refractivity contribution in [2.24, 2.45) is 17.3 Å². The molecule has 0 bridgehead atoms. The highest BCUT2D eigenvalue weighted by molar-refractivity contribution is 5.02. The first-order valence-corrected chi connectivity index (χ1v) is 5.71. The zero-order chi connectivity index (χ0) is 11.4. The summed E-state index contributed by atoms with van der Waals surface area (Å²) in [5.74, 6) is 1.44. The van der Waals surface area contributed by atoms with Crippen LogP contribution >= 0.6 is 0 Å². The molecule has 0 saturated carbocycles. The predicted molar refractivity (Wildman–Crippen MR) is 65.3 cm³/mol. The van der Waals surface area contributed by atoms with Gasteiger partial charge in [0.05, 0.1) is 0 Å². The van der Waals surface area contributed by atoms with E-state index in [0.29, 0.717) is 5.41 Å². The molecule has 0 amide bonds. The fourth-order valence-corrected chi connectivity index (χ4v) is 1.94. The number of allylic oxidation sites excluding steroid dienone is 1. The summed E-state index contributed by atoms with van der Waals surface area (Å²) in [5.41, 5.74) is 5.08. The summed E-state index contributed by atoms with van der Waals surface area (Å²) in [5, 5.41) is 0. The molecule has 82 valence electrons. The molecule has 0 aromatic carbocycles. The smallest absolute Gasteiger partial charge is 0.0188 e. The average molecular weight is 194 g/mol. The molecule has 0 heteroatoms. The van der Waals surface area contributed by atoms with E-state index in [4.69, 9.17) is 0 Å². The van der Waals surface area contributed by atoms with Crippen LogP contribution < -0.4 is 0 Å². The Bertz CT molecular complexity index is 216. The number of hydrogen-bond donors (Lipinski definition) is 0. The lowest BCUT2D eigenvalue weighted by Crippen LogP contribution is -2.29. The van der Waals surface area contributed by atoms with Gasteiger partial charge in [0, 0.05) is 0 Å². The van der Waals surface area contributed by atoms with Crippen molar-refractivity contribution in [2.75, 3.05) is 0 Å². The molecule has 0 rings (SSSR count). The molecule has 0 aliphatic carbocycles. The van der Waals surface area contributed by atoms with Gasteiger partial charge in [0.2, 0.25) is 0 Å². The van der Waals surface area contributed by atoms with Crippen LogP contribution in [0.1, 0.15) is 54.9 Å². The van der Waals surface area contributed by atoms with Crippen molar-refractivity contribution < 1.29 is 0 Å². The van der Waals surface area contributed by atoms with Crippen molar-refractivity contribution >= 4 is 0 Å². The third-order valence-corrected chi connectivity index (χ3v) is 3.67. The van der Waals surface area contributed by atoms with E-state index in [-0.39, 0.29) is 0 Å². The molecule has 0 unspecified atom stereocenters. The van der Waals surface area contributed by atoms with E-state index in [1.165, 1.54) is 5.57 Å². The van der Waals surface area contributed by atoms with Crippen molar-refractivity contribution in [1.29, 1.82) is 0 Å². The molecule has 0 N–H and O–H groups in total. The molecule has 0 atom stereocenters. The van der Waals surface area contributed by atoms with Crippen LogP contribution in [0.5, 0.6) is 0 Å². The molecule has 0 spiro atoms. The minimum Gasteiger partial charge on any atom is -0.127 e. The van der Waals surface area contributed by atoms with Crippen molar-refractivity contribution in [2.45, 2.75) is 54.9 Å². The van der Waals surface area contributed by atoms with Crippen molar-refractivity contribution in [1.82, 2.24) is 0 Å². The summed E-state index contributed by atoms with van der Waals surface area (Å²) >= 11 is 0. The molecule has 0 nitrogen and oxygen atoms in total. The molecule has 0 saturated heterocycles. The Hall–Kier alpha value is -0.480. The predicted octanol–water partition coefficient (Wildman–Crippen LogP) is 4.82. The highest BCUT2D eigenvalue weighted by Crippen LogP contribution is 2.40. The summed E-state index contributed by atoms with van der Waals surface area (Å²) < 4.78 is 0. The molecule has 0 aliphatic heterocycles. The van der Waals surface area contributed by atoms with E-state index < -0.39 is 0 Å². The van der Waals surface area contributed by atoms with E-state index in [2.05, 4.69) is 47.3 Å². The standard InChI is InChI=1S/C14H26/c1-8-9-13(6)10-14(7,11(2)3)12(4)5/h8,11-12H,10H2,1-7H3. The molecule has 0 aliphatic rings. The van der Waals surface area contributed by atoms with Crippen LogP contribution in [0.3, 0.4) is 0 Å². The van der Waals surface area contributed by atoms with Gasteiger partial charge in [-0.15, -0.1) is 5.73 Å². The maximum atomic E-state index is 3.30. The van der Waals surface area contributed by atoms with Crippen LogP contribution in [0.2, 0.25) is 0 Å². The summed E-state index contributed by atoms with van der Waals surface area (Å²) in [6, 6.07) is 0. The van der Waals surface area contributed by atoms with Crippen LogP contribution in [0.4, 0.5) is 0 Å².